The Morgan fingerprint density at radius 1 is 1.19 bits per heavy atom. The van der Waals surface area contributed by atoms with E-state index in [9.17, 15) is 0 Å². The van der Waals surface area contributed by atoms with Crippen LogP contribution in [0.25, 0.3) is 0 Å². The van der Waals surface area contributed by atoms with Crippen molar-refractivity contribution in [3.05, 3.63) is 0 Å². The third kappa shape index (κ3) is 4.89. The van der Waals surface area contributed by atoms with Crippen molar-refractivity contribution in [2.75, 3.05) is 18.1 Å². The van der Waals surface area contributed by atoms with Gasteiger partial charge < -0.3 is 5.32 Å². The molecule has 0 amide bonds. The van der Waals surface area contributed by atoms with Crippen LogP contribution in [0, 0.1) is 0 Å². The summed E-state index contributed by atoms with van der Waals surface area (Å²) in [6, 6.07) is 0.740. The molecular weight excluding hydrogens is 234 g/mol. The second kappa shape index (κ2) is 8.71. The van der Waals surface area contributed by atoms with Crippen LogP contribution >= 0.6 is 23.5 Å². The van der Waals surface area contributed by atoms with Crippen molar-refractivity contribution in [1.29, 1.82) is 0 Å². The highest BCUT2D eigenvalue weighted by molar-refractivity contribution is 8.07. The van der Waals surface area contributed by atoms with Crippen molar-refractivity contribution in [2.45, 2.75) is 63.0 Å². The summed E-state index contributed by atoms with van der Waals surface area (Å²) in [6.45, 7) is 8.05. The van der Waals surface area contributed by atoms with E-state index in [-0.39, 0.29) is 0 Å². The average Bonchev–Trinajstić information content (AvgIpc) is 2.29. The van der Waals surface area contributed by atoms with E-state index in [1.165, 1.54) is 37.2 Å². The van der Waals surface area contributed by atoms with Gasteiger partial charge in [0.05, 0.1) is 0 Å². The Kier molecular flexibility index (Phi) is 8.01. The summed E-state index contributed by atoms with van der Waals surface area (Å²) in [4.78, 5) is 0. The summed E-state index contributed by atoms with van der Waals surface area (Å²) >= 11 is 4.35. The van der Waals surface area contributed by atoms with Gasteiger partial charge in [-0.3, -0.25) is 0 Å². The Morgan fingerprint density at radius 3 is 2.56 bits per heavy atom. The number of unbranched alkanes of at least 4 members (excludes halogenated alkanes) is 2. The van der Waals surface area contributed by atoms with E-state index >= 15 is 0 Å². The highest BCUT2D eigenvalue weighted by Crippen LogP contribution is 2.34. The van der Waals surface area contributed by atoms with Crippen molar-refractivity contribution >= 4 is 23.5 Å². The van der Waals surface area contributed by atoms with E-state index in [1.807, 2.05) is 0 Å². The molecule has 0 spiro atoms. The molecule has 1 rings (SSSR count). The van der Waals surface area contributed by atoms with Crippen LogP contribution < -0.4 is 5.32 Å². The van der Waals surface area contributed by atoms with Gasteiger partial charge in [-0.2, -0.15) is 23.5 Å². The summed E-state index contributed by atoms with van der Waals surface area (Å²) < 4.78 is 0. The topological polar surface area (TPSA) is 12.0 Å². The first-order chi connectivity index (χ1) is 7.79. The molecule has 1 N–H and O–H groups in total. The van der Waals surface area contributed by atoms with Gasteiger partial charge in [-0.25, -0.2) is 0 Å². The van der Waals surface area contributed by atoms with E-state index in [2.05, 4.69) is 49.6 Å². The molecule has 1 fully saturated rings. The Labute approximate surface area is 110 Å². The predicted molar refractivity (Wildman–Crippen MR) is 79.8 cm³/mol. The smallest absolute Gasteiger partial charge is 0.0317 e. The minimum Gasteiger partial charge on any atom is -0.313 e. The van der Waals surface area contributed by atoms with Gasteiger partial charge in [-0.1, -0.05) is 40.0 Å². The second-order valence-electron chi connectivity index (χ2n) is 4.57. The molecule has 1 aliphatic rings. The highest BCUT2D eigenvalue weighted by atomic mass is 32.2. The summed E-state index contributed by atoms with van der Waals surface area (Å²) in [7, 11) is 0. The van der Waals surface area contributed by atoms with Crippen molar-refractivity contribution in [1.82, 2.24) is 5.32 Å². The van der Waals surface area contributed by atoms with Gasteiger partial charge in [0.1, 0.15) is 0 Å². The molecule has 0 radical (unpaired) electrons. The lowest BCUT2D eigenvalue weighted by atomic mass is 10.0. The minimum atomic E-state index is 0.740. The van der Waals surface area contributed by atoms with Crippen molar-refractivity contribution in [3.8, 4) is 0 Å². The first-order valence-corrected chi connectivity index (χ1v) is 8.85. The molecule has 0 aromatic heterocycles. The monoisotopic (exact) mass is 261 g/mol. The Bertz CT molecular complexity index is 175. The molecule has 0 aliphatic carbocycles. The maximum absolute atomic E-state index is 3.71. The molecule has 0 bridgehead atoms. The highest BCUT2D eigenvalue weighted by Gasteiger charge is 2.29. The van der Waals surface area contributed by atoms with Gasteiger partial charge in [0.25, 0.3) is 0 Å². The number of hydrogen-bond donors (Lipinski definition) is 1. The molecule has 3 atom stereocenters. The molecule has 3 heteroatoms. The van der Waals surface area contributed by atoms with Crippen molar-refractivity contribution in [2.24, 2.45) is 0 Å². The summed E-state index contributed by atoms with van der Waals surface area (Å²) in [5.41, 5.74) is 0. The average molecular weight is 262 g/mol. The van der Waals surface area contributed by atoms with Crippen LogP contribution in [0.4, 0.5) is 0 Å². The maximum Gasteiger partial charge on any atom is 0.0317 e. The number of thioether (sulfide) groups is 2. The first kappa shape index (κ1) is 14.7. The lowest BCUT2D eigenvalue weighted by molar-refractivity contribution is 0.452. The molecule has 1 nitrogen and oxygen atoms in total. The SMILES string of the molecule is CCCCCC(NCC)C1SCCSC1C. The van der Waals surface area contributed by atoms with Crippen LogP contribution in [0.5, 0.6) is 0 Å². The Hall–Kier alpha value is 0.660. The van der Waals surface area contributed by atoms with Crippen LogP contribution in [0.15, 0.2) is 0 Å². The van der Waals surface area contributed by atoms with Gasteiger partial charge in [-0.05, 0) is 13.0 Å². The molecule has 16 heavy (non-hydrogen) atoms. The molecule has 1 saturated heterocycles. The van der Waals surface area contributed by atoms with Crippen molar-refractivity contribution in [3.63, 3.8) is 0 Å². The van der Waals surface area contributed by atoms with E-state index in [1.54, 1.807) is 0 Å². The number of hydrogen-bond acceptors (Lipinski definition) is 3. The number of nitrogens with one attached hydrogen (secondary N) is 1. The fourth-order valence-corrected chi connectivity index (χ4v) is 5.35. The largest absolute Gasteiger partial charge is 0.313 e. The lowest BCUT2D eigenvalue weighted by Gasteiger charge is -2.35. The third-order valence-corrected chi connectivity index (χ3v) is 6.47. The van der Waals surface area contributed by atoms with Crippen LogP contribution in [-0.2, 0) is 0 Å². The molecular formula is C13H27NS2. The Balaban J connectivity index is 2.39. The van der Waals surface area contributed by atoms with Crippen molar-refractivity contribution < 1.29 is 0 Å². The maximum atomic E-state index is 3.71. The fourth-order valence-electron chi connectivity index (χ4n) is 2.35. The molecule has 3 unspecified atom stereocenters. The summed E-state index contributed by atoms with van der Waals surface area (Å²) in [5.74, 6) is 2.69. The van der Waals surface area contributed by atoms with Gasteiger partial charge in [0.15, 0.2) is 0 Å². The second-order valence-corrected chi connectivity index (χ2v) is 7.34. The molecule has 0 aromatic carbocycles. The zero-order chi connectivity index (χ0) is 11.8. The molecule has 0 aromatic rings. The number of rotatable bonds is 7. The zero-order valence-corrected chi connectivity index (χ0v) is 12.6. The van der Waals surface area contributed by atoms with Crippen LogP contribution in [0.2, 0.25) is 0 Å². The van der Waals surface area contributed by atoms with Crippen LogP contribution in [0.1, 0.15) is 46.5 Å². The molecule has 96 valence electrons. The standard InChI is InChI=1S/C13H27NS2/c1-4-6-7-8-12(14-5-2)13-11(3)15-9-10-16-13/h11-14H,4-10H2,1-3H3. The fraction of sp³-hybridized carbons (Fsp3) is 1.00. The third-order valence-electron chi connectivity index (χ3n) is 3.22. The van der Waals surface area contributed by atoms with E-state index in [0.717, 1.165) is 23.1 Å². The quantitative estimate of drug-likeness (QED) is 0.701. The van der Waals surface area contributed by atoms with Gasteiger partial charge >= 0.3 is 0 Å². The minimum absolute atomic E-state index is 0.740. The molecule has 0 saturated carbocycles. The van der Waals surface area contributed by atoms with E-state index < -0.39 is 0 Å². The summed E-state index contributed by atoms with van der Waals surface area (Å²) in [5, 5.41) is 5.36. The summed E-state index contributed by atoms with van der Waals surface area (Å²) in [6.07, 6.45) is 5.48. The first-order valence-electron chi connectivity index (χ1n) is 6.76. The predicted octanol–water partition coefficient (Wildman–Crippen LogP) is 3.78. The van der Waals surface area contributed by atoms with Crippen LogP contribution in [-0.4, -0.2) is 34.6 Å². The van der Waals surface area contributed by atoms with E-state index in [4.69, 9.17) is 0 Å². The van der Waals surface area contributed by atoms with Gasteiger partial charge in [0, 0.05) is 28.0 Å². The van der Waals surface area contributed by atoms with E-state index in [0.29, 0.717) is 0 Å². The molecule has 1 heterocycles. The van der Waals surface area contributed by atoms with Gasteiger partial charge in [0.2, 0.25) is 0 Å². The lowest BCUT2D eigenvalue weighted by Crippen LogP contribution is -2.44. The molecule has 1 aliphatic heterocycles. The van der Waals surface area contributed by atoms with Gasteiger partial charge in [-0.15, -0.1) is 0 Å². The zero-order valence-electron chi connectivity index (χ0n) is 11.0. The Morgan fingerprint density at radius 2 is 1.94 bits per heavy atom. The van der Waals surface area contributed by atoms with Crippen LogP contribution in [0.3, 0.4) is 0 Å². The normalized spacial score (nSPS) is 27.9.